The monoisotopic (exact) mass is 358 g/mol. The molecule has 134 valence electrons. The fraction of sp³-hybridized carbons (Fsp3) is 1.00. The van der Waals surface area contributed by atoms with Crippen LogP contribution in [0.1, 0.15) is 96.8 Å². The molecule has 0 aromatic rings. The zero-order valence-electron chi connectivity index (χ0n) is 15.3. The fourth-order valence-corrected chi connectivity index (χ4v) is 3.69. The Morgan fingerprint density at radius 2 is 1.17 bits per heavy atom. The number of aliphatic hydroxyl groups is 1. The summed E-state index contributed by atoms with van der Waals surface area (Å²) in [5.41, 5.74) is 0. The maximum Gasteiger partial charge on any atom is 1.00 e. The smallest absolute Gasteiger partial charge is 0.748 e. The van der Waals surface area contributed by atoms with Crippen LogP contribution in [0.15, 0.2) is 0 Å². The molecule has 0 aromatic heterocycles. The van der Waals surface area contributed by atoms with Crippen LogP contribution in [0.25, 0.3) is 0 Å². The van der Waals surface area contributed by atoms with Crippen LogP contribution in [0.5, 0.6) is 0 Å². The largest absolute Gasteiger partial charge is 1.00 e. The summed E-state index contributed by atoms with van der Waals surface area (Å²) >= 11 is 0. The molecule has 0 aromatic carbocycles. The molecule has 1 N–H and O–H groups in total. The molecule has 1 atom stereocenters. The van der Waals surface area contributed by atoms with Crippen LogP contribution in [-0.2, 0) is 10.1 Å². The Morgan fingerprint density at radius 1 is 0.783 bits per heavy atom. The summed E-state index contributed by atoms with van der Waals surface area (Å²) in [6, 6.07) is 0. The quantitative estimate of drug-likeness (QED) is 0.257. The van der Waals surface area contributed by atoms with Crippen molar-refractivity contribution in [2.45, 2.75) is 102 Å². The second kappa shape index (κ2) is 17.7. The van der Waals surface area contributed by atoms with Gasteiger partial charge < -0.3 is 9.66 Å². The van der Waals surface area contributed by atoms with Gasteiger partial charge in [0.1, 0.15) is 0 Å². The summed E-state index contributed by atoms with van der Waals surface area (Å²) in [7, 11) is -4.13. The van der Waals surface area contributed by atoms with Gasteiger partial charge in [-0.1, -0.05) is 77.6 Å². The minimum atomic E-state index is -4.13. The zero-order chi connectivity index (χ0) is 16.7. The SMILES string of the molecule is CCCCCCC(CCCCCCCCCCO)S(=O)(=O)[O-].[Na+]. The number of hydrogen-bond donors (Lipinski definition) is 1. The van der Waals surface area contributed by atoms with Gasteiger partial charge in [0.15, 0.2) is 0 Å². The topological polar surface area (TPSA) is 77.4 Å². The standard InChI is InChI=1S/C17H36O4S.Na/c1-2-3-4-11-14-17(22(19,20)21)15-12-9-7-5-6-8-10-13-16-18;/h17-18H,2-16H2,1H3,(H,19,20,21);/q;+1/p-1. The van der Waals surface area contributed by atoms with Crippen molar-refractivity contribution in [1.82, 2.24) is 0 Å². The van der Waals surface area contributed by atoms with E-state index in [2.05, 4.69) is 6.92 Å². The third-order valence-electron chi connectivity index (χ3n) is 4.22. The second-order valence-corrected chi connectivity index (χ2v) is 7.96. The molecule has 0 bridgehead atoms. The van der Waals surface area contributed by atoms with E-state index in [1.165, 1.54) is 6.42 Å². The van der Waals surface area contributed by atoms with Gasteiger partial charge >= 0.3 is 29.6 Å². The van der Waals surface area contributed by atoms with Crippen LogP contribution in [0.4, 0.5) is 0 Å². The molecule has 0 fully saturated rings. The molecule has 0 spiro atoms. The fourth-order valence-electron chi connectivity index (χ4n) is 2.78. The molecular weight excluding hydrogens is 323 g/mol. The molecule has 0 amide bonds. The van der Waals surface area contributed by atoms with Gasteiger partial charge in [0, 0.05) is 11.9 Å². The normalized spacial score (nSPS) is 12.8. The summed E-state index contributed by atoms with van der Waals surface area (Å²) in [6.45, 7) is 2.40. The minimum Gasteiger partial charge on any atom is -0.748 e. The predicted octanol–water partition coefficient (Wildman–Crippen LogP) is 1.38. The Bertz CT molecular complexity index is 333. The Labute approximate surface area is 165 Å². The van der Waals surface area contributed by atoms with E-state index in [4.69, 9.17) is 5.11 Å². The molecule has 0 radical (unpaired) electrons. The van der Waals surface area contributed by atoms with Gasteiger partial charge in [0.25, 0.3) is 0 Å². The van der Waals surface area contributed by atoms with Gasteiger partial charge in [-0.2, -0.15) is 0 Å². The Hall–Kier alpha value is 0.870. The second-order valence-electron chi connectivity index (χ2n) is 6.30. The van der Waals surface area contributed by atoms with Crippen molar-refractivity contribution >= 4 is 10.1 Å². The predicted molar refractivity (Wildman–Crippen MR) is 90.9 cm³/mol. The van der Waals surface area contributed by atoms with E-state index in [9.17, 15) is 13.0 Å². The zero-order valence-corrected chi connectivity index (χ0v) is 18.1. The molecular formula is C17H35NaO4S. The van der Waals surface area contributed by atoms with E-state index < -0.39 is 15.4 Å². The molecule has 1 unspecified atom stereocenters. The maximum atomic E-state index is 11.3. The van der Waals surface area contributed by atoms with Gasteiger partial charge in [0.05, 0.1) is 10.1 Å². The number of rotatable bonds is 16. The summed E-state index contributed by atoms with van der Waals surface area (Å²) in [4.78, 5) is 0. The van der Waals surface area contributed by atoms with E-state index in [1.54, 1.807) is 0 Å². The van der Waals surface area contributed by atoms with Crippen molar-refractivity contribution in [2.24, 2.45) is 0 Å². The summed E-state index contributed by atoms with van der Waals surface area (Å²) in [5.74, 6) is 0. The Kier molecular flexibility index (Phi) is 20.1. The number of hydrogen-bond acceptors (Lipinski definition) is 4. The minimum absolute atomic E-state index is 0. The van der Waals surface area contributed by atoms with E-state index in [-0.39, 0.29) is 36.2 Å². The molecule has 0 heterocycles. The van der Waals surface area contributed by atoms with Gasteiger partial charge in [-0.3, -0.25) is 0 Å². The third-order valence-corrected chi connectivity index (χ3v) is 5.51. The van der Waals surface area contributed by atoms with Crippen molar-refractivity contribution in [3.05, 3.63) is 0 Å². The van der Waals surface area contributed by atoms with Crippen LogP contribution in [0, 0.1) is 0 Å². The van der Waals surface area contributed by atoms with Crippen LogP contribution < -0.4 is 29.6 Å². The molecule has 6 heteroatoms. The molecule has 0 aliphatic heterocycles. The first kappa shape index (κ1) is 26.1. The molecule has 0 aliphatic carbocycles. The van der Waals surface area contributed by atoms with Crippen LogP contribution >= 0.6 is 0 Å². The Balaban J connectivity index is 0. The first-order valence-electron chi connectivity index (χ1n) is 9.08. The molecule has 0 aliphatic rings. The van der Waals surface area contributed by atoms with E-state index >= 15 is 0 Å². The van der Waals surface area contributed by atoms with E-state index in [0.29, 0.717) is 12.8 Å². The van der Waals surface area contributed by atoms with Gasteiger partial charge in [-0.25, -0.2) is 8.42 Å². The molecule has 4 nitrogen and oxygen atoms in total. The van der Waals surface area contributed by atoms with Crippen LogP contribution in [0.2, 0.25) is 0 Å². The molecule has 23 heavy (non-hydrogen) atoms. The Morgan fingerprint density at radius 3 is 1.57 bits per heavy atom. The van der Waals surface area contributed by atoms with E-state index in [0.717, 1.165) is 70.6 Å². The van der Waals surface area contributed by atoms with E-state index in [1.807, 2.05) is 0 Å². The number of unbranched alkanes of at least 4 members (excludes halogenated alkanes) is 10. The summed E-state index contributed by atoms with van der Waals surface area (Å²) in [5, 5.41) is 8.00. The van der Waals surface area contributed by atoms with Crippen molar-refractivity contribution < 1.29 is 47.6 Å². The van der Waals surface area contributed by atoms with Gasteiger partial charge in [-0.05, 0) is 19.3 Å². The average Bonchev–Trinajstić information content (AvgIpc) is 2.46. The molecule has 0 saturated carbocycles. The molecule has 0 rings (SSSR count). The first-order chi connectivity index (χ1) is 10.5. The van der Waals surface area contributed by atoms with Crippen molar-refractivity contribution in [1.29, 1.82) is 0 Å². The van der Waals surface area contributed by atoms with Gasteiger partial charge in [0.2, 0.25) is 0 Å². The van der Waals surface area contributed by atoms with Crippen LogP contribution in [-0.4, -0.2) is 29.9 Å². The van der Waals surface area contributed by atoms with Gasteiger partial charge in [-0.15, -0.1) is 0 Å². The average molecular weight is 359 g/mol. The van der Waals surface area contributed by atoms with Crippen molar-refractivity contribution in [3.8, 4) is 0 Å². The van der Waals surface area contributed by atoms with Crippen LogP contribution in [0.3, 0.4) is 0 Å². The van der Waals surface area contributed by atoms with Crippen molar-refractivity contribution in [2.75, 3.05) is 6.61 Å². The summed E-state index contributed by atoms with van der Waals surface area (Å²) < 4.78 is 33.9. The maximum absolute atomic E-state index is 11.3. The summed E-state index contributed by atoms with van der Waals surface area (Å²) in [6.07, 6.45) is 13.6. The molecule has 0 saturated heterocycles. The number of aliphatic hydroxyl groups excluding tert-OH is 1. The third kappa shape index (κ3) is 17.5. The van der Waals surface area contributed by atoms with Crippen molar-refractivity contribution in [3.63, 3.8) is 0 Å². The first-order valence-corrected chi connectivity index (χ1v) is 10.5.